The third-order valence-electron chi connectivity index (χ3n) is 4.45. The summed E-state index contributed by atoms with van der Waals surface area (Å²) in [6, 6.07) is 1.64. The lowest BCUT2D eigenvalue weighted by Gasteiger charge is -2.35. The second-order valence-corrected chi connectivity index (χ2v) is 4.83. The third kappa shape index (κ3) is 1.10. The standard InChI is InChI=1S/C10H22N/c1-7-8(2)10(4)11(5,6)9(7)3/h7-10H,1-6H3/q+1. The van der Waals surface area contributed by atoms with Crippen LogP contribution in [0.5, 0.6) is 0 Å². The number of nitrogens with zero attached hydrogens (tertiary/aromatic N) is 1. The molecule has 1 aliphatic heterocycles. The maximum Gasteiger partial charge on any atom is 0.0890 e. The van der Waals surface area contributed by atoms with Crippen LogP contribution in [-0.2, 0) is 0 Å². The van der Waals surface area contributed by atoms with Crippen LogP contribution in [0.3, 0.4) is 0 Å². The Morgan fingerprint density at radius 3 is 1.09 bits per heavy atom. The first-order chi connectivity index (χ1) is 4.89. The molecule has 1 rings (SSSR count). The van der Waals surface area contributed by atoms with E-state index in [9.17, 15) is 0 Å². The molecule has 0 radical (unpaired) electrons. The Balaban J connectivity index is 2.87. The van der Waals surface area contributed by atoms with Gasteiger partial charge in [0.1, 0.15) is 0 Å². The highest BCUT2D eigenvalue weighted by atomic mass is 15.4. The Bertz CT molecular complexity index is 135. The molecule has 0 aliphatic carbocycles. The number of hydrogen-bond donors (Lipinski definition) is 0. The first-order valence-electron chi connectivity index (χ1n) is 4.72. The molecular formula is C10H22N+. The SMILES string of the molecule is CC1C(C)C(C)[N+](C)(C)C1C. The lowest BCUT2D eigenvalue weighted by molar-refractivity contribution is -0.924. The molecule has 1 aliphatic rings. The van der Waals surface area contributed by atoms with E-state index < -0.39 is 0 Å². The van der Waals surface area contributed by atoms with Crippen LogP contribution in [0.25, 0.3) is 0 Å². The van der Waals surface area contributed by atoms with Crippen LogP contribution in [0, 0.1) is 11.8 Å². The average molecular weight is 156 g/mol. The smallest absolute Gasteiger partial charge is 0.0890 e. The quantitative estimate of drug-likeness (QED) is 0.471. The van der Waals surface area contributed by atoms with Gasteiger partial charge in [-0.2, -0.15) is 0 Å². The van der Waals surface area contributed by atoms with E-state index in [1.165, 1.54) is 4.48 Å². The van der Waals surface area contributed by atoms with E-state index in [1.807, 2.05) is 0 Å². The second kappa shape index (κ2) is 2.48. The minimum atomic E-state index is 0.819. The van der Waals surface area contributed by atoms with E-state index in [4.69, 9.17) is 0 Å². The van der Waals surface area contributed by atoms with Gasteiger partial charge in [0.05, 0.1) is 26.2 Å². The molecule has 1 nitrogen and oxygen atoms in total. The van der Waals surface area contributed by atoms with Crippen molar-refractivity contribution < 1.29 is 4.48 Å². The molecule has 4 unspecified atom stereocenters. The molecule has 0 spiro atoms. The first-order valence-corrected chi connectivity index (χ1v) is 4.72. The summed E-state index contributed by atoms with van der Waals surface area (Å²) in [7, 11) is 4.71. The molecule has 0 N–H and O–H groups in total. The fourth-order valence-electron chi connectivity index (χ4n) is 2.46. The van der Waals surface area contributed by atoms with Crippen LogP contribution in [-0.4, -0.2) is 30.7 Å². The van der Waals surface area contributed by atoms with Crippen LogP contribution in [0.1, 0.15) is 27.7 Å². The molecule has 1 fully saturated rings. The first kappa shape index (κ1) is 9.05. The van der Waals surface area contributed by atoms with Gasteiger partial charge in [0.2, 0.25) is 0 Å². The van der Waals surface area contributed by atoms with Gasteiger partial charge in [-0.25, -0.2) is 0 Å². The zero-order valence-corrected chi connectivity index (χ0v) is 8.76. The van der Waals surface area contributed by atoms with E-state index in [2.05, 4.69) is 41.8 Å². The number of likely N-dealkylation sites (tertiary alicyclic amines) is 1. The lowest BCUT2D eigenvalue weighted by Crippen LogP contribution is -2.48. The summed E-state index contributed by atoms with van der Waals surface area (Å²) in [6.45, 7) is 9.53. The normalized spacial score (nSPS) is 49.6. The van der Waals surface area contributed by atoms with Crippen molar-refractivity contribution in [1.29, 1.82) is 0 Å². The Morgan fingerprint density at radius 1 is 0.727 bits per heavy atom. The summed E-state index contributed by atoms with van der Waals surface area (Å²) in [5, 5.41) is 0. The van der Waals surface area contributed by atoms with Crippen molar-refractivity contribution >= 4 is 0 Å². The van der Waals surface area contributed by atoms with Crippen LogP contribution < -0.4 is 0 Å². The fourth-order valence-corrected chi connectivity index (χ4v) is 2.46. The number of rotatable bonds is 0. The molecule has 0 bridgehead atoms. The molecule has 0 amide bonds. The number of hydrogen-bond acceptors (Lipinski definition) is 0. The van der Waals surface area contributed by atoms with E-state index in [0.29, 0.717) is 0 Å². The molecule has 1 heteroatoms. The topological polar surface area (TPSA) is 0 Å². The molecule has 1 saturated heterocycles. The fraction of sp³-hybridized carbons (Fsp3) is 1.00. The van der Waals surface area contributed by atoms with Crippen LogP contribution in [0.4, 0.5) is 0 Å². The zero-order valence-electron chi connectivity index (χ0n) is 8.76. The van der Waals surface area contributed by atoms with Crippen molar-refractivity contribution in [3.8, 4) is 0 Å². The summed E-state index contributed by atoms with van der Waals surface area (Å²) in [5.41, 5.74) is 0. The molecule has 0 saturated carbocycles. The zero-order chi connectivity index (χ0) is 8.81. The van der Waals surface area contributed by atoms with Gasteiger partial charge in [0, 0.05) is 11.8 Å². The molecule has 0 aromatic heterocycles. The maximum absolute atomic E-state index is 2.39. The van der Waals surface area contributed by atoms with Gasteiger partial charge in [0.25, 0.3) is 0 Å². The van der Waals surface area contributed by atoms with E-state index in [-0.39, 0.29) is 0 Å². The Morgan fingerprint density at radius 2 is 1.00 bits per heavy atom. The predicted octanol–water partition coefficient (Wildman–Crippen LogP) is 2.13. The minimum Gasteiger partial charge on any atom is -0.324 e. The molecule has 11 heavy (non-hydrogen) atoms. The van der Waals surface area contributed by atoms with Gasteiger partial charge < -0.3 is 4.48 Å². The van der Waals surface area contributed by atoms with Crippen LogP contribution in [0.2, 0.25) is 0 Å². The molecule has 0 aromatic carbocycles. The van der Waals surface area contributed by atoms with E-state index >= 15 is 0 Å². The van der Waals surface area contributed by atoms with Gasteiger partial charge in [-0.05, 0) is 13.8 Å². The van der Waals surface area contributed by atoms with Gasteiger partial charge in [0.15, 0.2) is 0 Å². The maximum atomic E-state index is 2.39. The van der Waals surface area contributed by atoms with Gasteiger partial charge in [-0.3, -0.25) is 0 Å². The molecular weight excluding hydrogens is 134 g/mol. The van der Waals surface area contributed by atoms with Gasteiger partial charge in [-0.1, -0.05) is 13.8 Å². The average Bonchev–Trinajstić information content (AvgIpc) is 2.06. The minimum absolute atomic E-state index is 0.819. The summed E-state index contributed by atoms with van der Waals surface area (Å²) in [6.07, 6.45) is 0. The van der Waals surface area contributed by atoms with Crippen molar-refractivity contribution in [3.05, 3.63) is 0 Å². The molecule has 0 aromatic rings. The van der Waals surface area contributed by atoms with Crippen molar-refractivity contribution in [3.63, 3.8) is 0 Å². The highest BCUT2D eigenvalue weighted by molar-refractivity contribution is 4.81. The van der Waals surface area contributed by atoms with Gasteiger partial charge in [-0.15, -0.1) is 0 Å². The summed E-state index contributed by atoms with van der Waals surface area (Å²) >= 11 is 0. The predicted molar refractivity (Wildman–Crippen MR) is 49.4 cm³/mol. The Labute approximate surface area is 71.0 Å². The molecule has 1 heterocycles. The van der Waals surface area contributed by atoms with E-state index in [0.717, 1.165) is 23.9 Å². The Kier molecular flexibility index (Phi) is 2.04. The monoisotopic (exact) mass is 156 g/mol. The van der Waals surface area contributed by atoms with Crippen molar-refractivity contribution in [2.75, 3.05) is 14.1 Å². The number of quaternary nitrogens is 1. The highest BCUT2D eigenvalue weighted by Gasteiger charge is 2.47. The summed E-state index contributed by atoms with van der Waals surface area (Å²) in [4.78, 5) is 0. The third-order valence-corrected chi connectivity index (χ3v) is 4.45. The van der Waals surface area contributed by atoms with E-state index in [1.54, 1.807) is 0 Å². The second-order valence-electron chi connectivity index (χ2n) is 4.83. The highest BCUT2D eigenvalue weighted by Crippen LogP contribution is 2.37. The largest absolute Gasteiger partial charge is 0.324 e. The summed E-state index contributed by atoms with van der Waals surface area (Å²) in [5.74, 6) is 1.75. The lowest BCUT2D eigenvalue weighted by atomic mass is 9.92. The van der Waals surface area contributed by atoms with Crippen molar-refractivity contribution in [2.45, 2.75) is 39.8 Å². The summed E-state index contributed by atoms with van der Waals surface area (Å²) < 4.78 is 1.20. The molecule has 66 valence electrons. The Hall–Kier alpha value is -0.0400. The van der Waals surface area contributed by atoms with Crippen molar-refractivity contribution in [1.82, 2.24) is 0 Å². The van der Waals surface area contributed by atoms with Crippen LogP contribution >= 0.6 is 0 Å². The molecule has 4 atom stereocenters. The van der Waals surface area contributed by atoms with Crippen molar-refractivity contribution in [2.24, 2.45) is 11.8 Å². The van der Waals surface area contributed by atoms with Crippen LogP contribution in [0.15, 0.2) is 0 Å². The van der Waals surface area contributed by atoms with Gasteiger partial charge >= 0.3 is 0 Å².